The second kappa shape index (κ2) is 14.9. The van der Waals surface area contributed by atoms with Gasteiger partial charge in [-0.1, -0.05) is 0 Å². The van der Waals surface area contributed by atoms with Crippen molar-refractivity contribution < 1.29 is 75.1 Å². The van der Waals surface area contributed by atoms with Gasteiger partial charge in [-0.3, -0.25) is 29.8 Å². The number of carbonyl (C=O) groups is 6. The Morgan fingerprint density at radius 3 is 0.846 bits per heavy atom. The number of rotatable bonds is 2. The van der Waals surface area contributed by atoms with Crippen LogP contribution in [-0.4, -0.2) is 81.9 Å². The molecule has 0 aliphatic carbocycles. The molecule has 39 heavy (non-hydrogen) atoms. The van der Waals surface area contributed by atoms with E-state index in [1.54, 1.807) is 0 Å². The van der Waals surface area contributed by atoms with E-state index in [-0.39, 0.29) is 40.2 Å². The second-order valence-corrected chi connectivity index (χ2v) is 7.28. The van der Waals surface area contributed by atoms with Gasteiger partial charge in [0.25, 0.3) is 0 Å². The number of phenolic OH excluding ortho intramolecular Hbond substituents is 6. The van der Waals surface area contributed by atoms with Crippen molar-refractivity contribution in [1.82, 2.24) is 10.6 Å². The molecule has 2 aromatic carbocycles. The van der Waals surface area contributed by atoms with Gasteiger partial charge < -0.3 is 46.3 Å². The van der Waals surface area contributed by atoms with Crippen LogP contribution in [0.15, 0.2) is 24.3 Å². The summed E-state index contributed by atoms with van der Waals surface area (Å²) in [7, 11) is 0. The third-order valence-corrected chi connectivity index (χ3v) is 4.35. The zero-order valence-electron chi connectivity index (χ0n) is 19.7. The van der Waals surface area contributed by atoms with Gasteiger partial charge >= 0.3 is 11.9 Å². The summed E-state index contributed by atoms with van der Waals surface area (Å²) in [6.07, 6.45) is 1.50. The number of carboxylic acids is 2. The van der Waals surface area contributed by atoms with Gasteiger partial charge in [-0.25, -0.2) is 9.59 Å². The molecule has 2 aromatic rings. The molecule has 212 valence electrons. The van der Waals surface area contributed by atoms with Crippen LogP contribution < -0.4 is 10.6 Å². The zero-order valence-corrected chi connectivity index (χ0v) is 19.7. The molecule has 2 aliphatic rings. The van der Waals surface area contributed by atoms with Crippen molar-refractivity contribution in [3.8, 4) is 34.5 Å². The van der Waals surface area contributed by atoms with Crippen LogP contribution in [0, 0.1) is 0 Å². The Bertz CT molecular complexity index is 1100. The molecular formula is C22H24N2O15. The van der Waals surface area contributed by atoms with Crippen LogP contribution in [0.2, 0.25) is 0 Å². The Hall–Kier alpha value is -5.58. The second-order valence-electron chi connectivity index (χ2n) is 7.28. The average Bonchev–Trinajstić information content (AvgIpc) is 3.41. The fraction of sp³-hybridized carbons (Fsp3) is 0.182. The van der Waals surface area contributed by atoms with Crippen LogP contribution in [0.4, 0.5) is 0 Å². The summed E-state index contributed by atoms with van der Waals surface area (Å²) in [6.45, 7) is 0. The van der Waals surface area contributed by atoms with Crippen LogP contribution in [0.1, 0.15) is 46.4 Å². The summed E-state index contributed by atoms with van der Waals surface area (Å²) in [5, 5.41) is 74.2. The Labute approximate surface area is 217 Å². The molecule has 0 bridgehead atoms. The van der Waals surface area contributed by atoms with Crippen LogP contribution >= 0.6 is 0 Å². The van der Waals surface area contributed by atoms with Gasteiger partial charge in [0.1, 0.15) is 0 Å². The fourth-order valence-corrected chi connectivity index (χ4v) is 2.47. The Kier molecular flexibility index (Phi) is 12.7. The lowest BCUT2D eigenvalue weighted by Gasteiger charge is -2.01. The summed E-state index contributed by atoms with van der Waals surface area (Å²) in [5.41, 5.74) is -0.578. The van der Waals surface area contributed by atoms with Gasteiger partial charge in [-0.2, -0.15) is 0 Å². The topological polar surface area (TPSA) is 320 Å². The Morgan fingerprint density at radius 1 is 0.513 bits per heavy atom. The van der Waals surface area contributed by atoms with Gasteiger partial charge in [0, 0.05) is 25.7 Å². The van der Waals surface area contributed by atoms with E-state index in [1.807, 2.05) is 0 Å². The number of nitrogens with one attached hydrogen (secondary N) is 2. The van der Waals surface area contributed by atoms with E-state index >= 15 is 0 Å². The number of phenols is 6. The van der Waals surface area contributed by atoms with Crippen molar-refractivity contribution >= 4 is 35.6 Å². The molecule has 0 atom stereocenters. The first-order valence-electron chi connectivity index (χ1n) is 10.2. The summed E-state index contributed by atoms with van der Waals surface area (Å²) >= 11 is 0. The summed E-state index contributed by atoms with van der Waals surface area (Å²) in [4.78, 5) is 61.1. The monoisotopic (exact) mass is 556 g/mol. The average molecular weight is 556 g/mol. The molecule has 17 heteroatoms. The third-order valence-electron chi connectivity index (χ3n) is 4.35. The van der Waals surface area contributed by atoms with Crippen molar-refractivity contribution in [2.75, 3.05) is 0 Å². The van der Waals surface area contributed by atoms with E-state index < -0.39 is 46.4 Å². The Balaban J connectivity index is 0.000000504. The molecule has 2 saturated heterocycles. The van der Waals surface area contributed by atoms with Crippen LogP contribution in [0.25, 0.3) is 0 Å². The van der Waals surface area contributed by atoms with E-state index in [4.69, 9.17) is 40.9 Å². The van der Waals surface area contributed by atoms with Crippen molar-refractivity contribution in [3.63, 3.8) is 0 Å². The number of hydrogen-bond acceptors (Lipinski definition) is 12. The normalized spacial score (nSPS) is 13.1. The number of hydrogen-bond donors (Lipinski definition) is 10. The smallest absolute Gasteiger partial charge is 0.335 e. The molecule has 2 heterocycles. The van der Waals surface area contributed by atoms with E-state index in [1.165, 1.54) is 0 Å². The molecule has 0 aromatic heterocycles. The highest BCUT2D eigenvalue weighted by Gasteiger charge is 2.16. The standard InChI is InChI=1S/2C7H6O5.2C4H5NO2.H2O/c2*8-4-1-3(7(11)12)2-5(9)6(4)10;2*6-3-1-2-4(7)5-3;/h2*1-2,8-10H,(H,11,12);2*1-2H2,(H,5,6,7);1H2. The van der Waals surface area contributed by atoms with Crippen molar-refractivity contribution in [2.24, 2.45) is 0 Å². The molecule has 0 radical (unpaired) electrons. The van der Waals surface area contributed by atoms with Gasteiger partial charge in [0.2, 0.25) is 23.6 Å². The van der Waals surface area contributed by atoms with Gasteiger partial charge in [-0.15, -0.1) is 0 Å². The van der Waals surface area contributed by atoms with Gasteiger partial charge in [-0.05, 0) is 24.3 Å². The number of carboxylic acid groups (broad SMARTS) is 2. The molecule has 17 nitrogen and oxygen atoms in total. The van der Waals surface area contributed by atoms with Crippen LogP contribution in [0.5, 0.6) is 34.5 Å². The maximum absolute atomic E-state index is 10.3. The maximum Gasteiger partial charge on any atom is 0.335 e. The number of benzene rings is 2. The lowest BCUT2D eigenvalue weighted by Crippen LogP contribution is -2.18. The number of aromatic carboxylic acids is 2. The van der Waals surface area contributed by atoms with Crippen LogP contribution in [-0.2, 0) is 19.2 Å². The van der Waals surface area contributed by atoms with E-state index in [0.29, 0.717) is 25.7 Å². The molecule has 0 unspecified atom stereocenters. The minimum Gasteiger partial charge on any atom is -0.504 e. The molecule has 0 saturated carbocycles. The van der Waals surface area contributed by atoms with Gasteiger partial charge in [0.05, 0.1) is 11.1 Å². The first-order valence-corrected chi connectivity index (χ1v) is 10.2. The molecule has 4 rings (SSSR count). The fourth-order valence-electron chi connectivity index (χ4n) is 2.47. The SMILES string of the molecule is O.O=C(O)c1cc(O)c(O)c(O)c1.O=C(O)c1cc(O)c(O)c(O)c1.O=C1CCC(=O)N1.O=C1CCC(=O)N1. The van der Waals surface area contributed by atoms with Gasteiger partial charge in [0.15, 0.2) is 34.5 Å². The molecule has 12 N–H and O–H groups in total. The van der Waals surface area contributed by atoms with Crippen molar-refractivity contribution in [3.05, 3.63) is 35.4 Å². The van der Waals surface area contributed by atoms with Crippen molar-refractivity contribution in [1.29, 1.82) is 0 Å². The minimum absolute atomic E-state index is 0. The Morgan fingerprint density at radius 2 is 0.718 bits per heavy atom. The highest BCUT2D eigenvalue weighted by Crippen LogP contribution is 2.36. The number of carbonyl (C=O) groups excluding carboxylic acids is 4. The highest BCUT2D eigenvalue weighted by molar-refractivity contribution is 6.02. The number of aromatic hydroxyl groups is 6. The zero-order chi connectivity index (χ0) is 29.2. The number of imide groups is 2. The third kappa shape index (κ3) is 10.9. The largest absolute Gasteiger partial charge is 0.504 e. The van der Waals surface area contributed by atoms with E-state index in [0.717, 1.165) is 24.3 Å². The number of amides is 4. The first-order chi connectivity index (χ1) is 17.6. The molecule has 4 amide bonds. The predicted octanol–water partition coefficient (Wildman–Crippen LogP) is -0.975. The minimum atomic E-state index is -1.29. The summed E-state index contributed by atoms with van der Waals surface area (Å²) in [5.74, 6) is -7.26. The maximum atomic E-state index is 10.3. The molecular weight excluding hydrogens is 532 g/mol. The van der Waals surface area contributed by atoms with E-state index in [9.17, 15) is 28.8 Å². The first kappa shape index (κ1) is 33.4. The highest BCUT2D eigenvalue weighted by atomic mass is 16.4. The lowest BCUT2D eigenvalue weighted by atomic mass is 10.2. The molecule has 0 spiro atoms. The lowest BCUT2D eigenvalue weighted by molar-refractivity contribution is -0.126. The quantitative estimate of drug-likeness (QED) is 0.157. The van der Waals surface area contributed by atoms with Crippen molar-refractivity contribution in [2.45, 2.75) is 25.7 Å². The predicted molar refractivity (Wildman–Crippen MR) is 125 cm³/mol. The summed E-state index contributed by atoms with van der Waals surface area (Å²) < 4.78 is 0. The molecule has 2 fully saturated rings. The summed E-state index contributed by atoms with van der Waals surface area (Å²) in [6, 6.07) is 3.38. The van der Waals surface area contributed by atoms with Crippen LogP contribution in [0.3, 0.4) is 0 Å². The molecule has 2 aliphatic heterocycles. The van der Waals surface area contributed by atoms with E-state index in [2.05, 4.69) is 10.6 Å².